The number of ether oxygens (including phenoxy) is 1. The number of nitrogens with zero attached hydrogens (tertiary/aromatic N) is 4. The third-order valence-corrected chi connectivity index (χ3v) is 4.43. The average molecular weight is 373 g/mol. The van der Waals surface area contributed by atoms with E-state index in [1.807, 2.05) is 43.6 Å². The van der Waals surface area contributed by atoms with Gasteiger partial charge < -0.3 is 10.1 Å². The molecule has 4 aromatic rings. The zero-order chi connectivity index (χ0) is 19.5. The lowest BCUT2D eigenvalue weighted by Crippen LogP contribution is -2.22. The Morgan fingerprint density at radius 3 is 2.64 bits per heavy atom. The summed E-state index contributed by atoms with van der Waals surface area (Å²) in [6.45, 7) is 2.44. The number of fused-ring (bicyclic) bond motifs is 1. The van der Waals surface area contributed by atoms with E-state index >= 15 is 0 Å². The van der Waals surface area contributed by atoms with Crippen LogP contribution >= 0.6 is 0 Å². The summed E-state index contributed by atoms with van der Waals surface area (Å²) in [4.78, 5) is 20.9. The van der Waals surface area contributed by atoms with Gasteiger partial charge in [0, 0.05) is 48.0 Å². The monoisotopic (exact) mass is 373 g/mol. The number of carbonyl (C=O) groups is 1. The van der Waals surface area contributed by atoms with E-state index in [2.05, 4.69) is 20.4 Å². The van der Waals surface area contributed by atoms with Gasteiger partial charge in [0.25, 0.3) is 5.91 Å². The van der Waals surface area contributed by atoms with Crippen LogP contribution < -0.4 is 10.1 Å². The third kappa shape index (κ3) is 3.29. The third-order valence-electron chi connectivity index (χ3n) is 4.43. The van der Waals surface area contributed by atoms with Crippen LogP contribution in [0.4, 0.5) is 0 Å². The van der Waals surface area contributed by atoms with Crippen molar-refractivity contribution >= 4 is 11.6 Å². The maximum atomic E-state index is 12.1. The van der Waals surface area contributed by atoms with Gasteiger partial charge in [0.05, 0.1) is 18.9 Å². The lowest BCUT2D eigenvalue weighted by atomic mass is 10.1. The van der Waals surface area contributed by atoms with Crippen LogP contribution in [0.15, 0.2) is 61.3 Å². The minimum Gasteiger partial charge on any atom is -0.497 e. The molecule has 0 bridgehead atoms. The maximum Gasteiger partial charge on any atom is 0.252 e. The number of hydrogen-bond acceptors (Lipinski definition) is 5. The summed E-state index contributed by atoms with van der Waals surface area (Å²) in [5.74, 6) is 0.654. The Morgan fingerprint density at radius 1 is 1.07 bits per heavy atom. The number of aromatic nitrogens is 4. The topological polar surface area (TPSA) is 81.4 Å². The Balaban J connectivity index is 1.70. The molecule has 7 nitrogen and oxygen atoms in total. The van der Waals surface area contributed by atoms with Crippen molar-refractivity contribution in [2.24, 2.45) is 0 Å². The van der Waals surface area contributed by atoms with Gasteiger partial charge in [-0.15, -0.1) is 0 Å². The molecule has 3 heterocycles. The van der Waals surface area contributed by atoms with Gasteiger partial charge in [-0.05, 0) is 30.7 Å². The smallest absolute Gasteiger partial charge is 0.252 e. The first-order valence-corrected chi connectivity index (χ1v) is 8.91. The van der Waals surface area contributed by atoms with Crippen LogP contribution in [0.3, 0.4) is 0 Å². The van der Waals surface area contributed by atoms with E-state index < -0.39 is 0 Å². The second-order valence-electron chi connectivity index (χ2n) is 6.22. The van der Waals surface area contributed by atoms with Crippen molar-refractivity contribution in [3.63, 3.8) is 0 Å². The predicted molar refractivity (Wildman–Crippen MR) is 106 cm³/mol. The highest BCUT2D eigenvalue weighted by Crippen LogP contribution is 2.26. The molecule has 0 atom stereocenters. The van der Waals surface area contributed by atoms with Crippen LogP contribution in [0.5, 0.6) is 5.75 Å². The fraction of sp³-hybridized carbons (Fsp3) is 0.143. The molecule has 0 unspecified atom stereocenters. The molecular formula is C21H19N5O2. The highest BCUT2D eigenvalue weighted by molar-refractivity contribution is 5.95. The van der Waals surface area contributed by atoms with Crippen LogP contribution in [0.25, 0.3) is 27.9 Å². The van der Waals surface area contributed by atoms with Crippen LogP contribution in [0.1, 0.15) is 17.3 Å². The Morgan fingerprint density at radius 2 is 1.89 bits per heavy atom. The summed E-state index contributed by atoms with van der Waals surface area (Å²) < 4.78 is 6.93. The van der Waals surface area contributed by atoms with Crippen molar-refractivity contribution < 1.29 is 9.53 Å². The first kappa shape index (κ1) is 17.7. The van der Waals surface area contributed by atoms with Gasteiger partial charge in [0.15, 0.2) is 5.65 Å². The molecule has 140 valence electrons. The molecule has 1 N–H and O–H groups in total. The normalized spacial score (nSPS) is 10.8. The van der Waals surface area contributed by atoms with Crippen molar-refractivity contribution in [3.8, 4) is 28.0 Å². The van der Waals surface area contributed by atoms with Crippen molar-refractivity contribution in [1.29, 1.82) is 0 Å². The predicted octanol–water partition coefficient (Wildman–Crippen LogP) is 3.22. The number of nitrogens with one attached hydrogen (secondary N) is 1. The fourth-order valence-electron chi connectivity index (χ4n) is 2.98. The van der Waals surface area contributed by atoms with Crippen LogP contribution in [-0.2, 0) is 0 Å². The quantitative estimate of drug-likeness (QED) is 0.581. The average Bonchev–Trinajstić information content (AvgIpc) is 3.17. The van der Waals surface area contributed by atoms with Gasteiger partial charge in [-0.1, -0.05) is 12.1 Å². The summed E-state index contributed by atoms with van der Waals surface area (Å²) in [6, 6.07) is 9.57. The molecule has 0 spiro atoms. The van der Waals surface area contributed by atoms with Crippen molar-refractivity contribution in [2.75, 3.05) is 13.7 Å². The lowest BCUT2D eigenvalue weighted by Gasteiger charge is -2.05. The zero-order valence-electron chi connectivity index (χ0n) is 15.6. The molecule has 1 amide bonds. The Bertz CT molecular complexity index is 1140. The minimum atomic E-state index is -0.150. The van der Waals surface area contributed by atoms with E-state index in [1.165, 1.54) is 0 Å². The summed E-state index contributed by atoms with van der Waals surface area (Å²) in [6.07, 6.45) is 8.73. The Hall–Kier alpha value is -3.74. The summed E-state index contributed by atoms with van der Waals surface area (Å²) in [5, 5.41) is 7.21. The number of hydrogen-bond donors (Lipinski definition) is 1. The molecule has 0 fully saturated rings. The second-order valence-corrected chi connectivity index (χ2v) is 6.22. The molecule has 28 heavy (non-hydrogen) atoms. The number of methoxy groups -OCH3 is 1. The maximum absolute atomic E-state index is 12.1. The molecule has 0 saturated heterocycles. The highest BCUT2D eigenvalue weighted by Gasteiger charge is 2.12. The number of carbonyl (C=O) groups excluding carboxylic acids is 1. The highest BCUT2D eigenvalue weighted by atomic mass is 16.5. The fourth-order valence-corrected chi connectivity index (χ4v) is 2.98. The van der Waals surface area contributed by atoms with E-state index in [0.717, 1.165) is 28.0 Å². The van der Waals surface area contributed by atoms with Gasteiger partial charge in [-0.3, -0.25) is 9.78 Å². The second kappa shape index (κ2) is 7.48. The van der Waals surface area contributed by atoms with E-state index in [-0.39, 0.29) is 5.91 Å². The molecule has 7 heteroatoms. The van der Waals surface area contributed by atoms with Gasteiger partial charge in [0.1, 0.15) is 5.75 Å². The molecule has 4 rings (SSSR count). The van der Waals surface area contributed by atoms with Crippen molar-refractivity contribution in [2.45, 2.75) is 6.92 Å². The van der Waals surface area contributed by atoms with Gasteiger partial charge in [-0.25, -0.2) is 9.50 Å². The standard InChI is InChI=1S/C21H19N5O2/c1-3-23-21(27)16-8-15(9-22-10-16)19-12-25-26-13-17(11-24-20(19)26)14-4-6-18(28-2)7-5-14/h4-13H,3H2,1-2H3,(H,23,27). The van der Waals surface area contributed by atoms with Gasteiger partial charge >= 0.3 is 0 Å². The first-order chi connectivity index (χ1) is 13.7. The molecule has 1 aromatic carbocycles. The van der Waals surface area contributed by atoms with Gasteiger partial charge in [-0.2, -0.15) is 5.10 Å². The van der Waals surface area contributed by atoms with Crippen molar-refractivity contribution in [1.82, 2.24) is 24.9 Å². The molecular weight excluding hydrogens is 354 g/mol. The van der Waals surface area contributed by atoms with Gasteiger partial charge in [0.2, 0.25) is 0 Å². The number of pyridine rings is 1. The van der Waals surface area contributed by atoms with Crippen LogP contribution in [0, 0.1) is 0 Å². The van der Waals surface area contributed by atoms with Crippen LogP contribution in [-0.4, -0.2) is 39.1 Å². The number of rotatable bonds is 5. The molecule has 0 aliphatic heterocycles. The van der Waals surface area contributed by atoms with E-state index in [4.69, 9.17) is 4.74 Å². The van der Waals surface area contributed by atoms with E-state index in [1.54, 1.807) is 36.3 Å². The van der Waals surface area contributed by atoms with E-state index in [0.29, 0.717) is 17.8 Å². The van der Waals surface area contributed by atoms with Crippen molar-refractivity contribution in [3.05, 3.63) is 66.9 Å². The molecule has 3 aromatic heterocycles. The Labute approximate surface area is 162 Å². The Kier molecular flexibility index (Phi) is 4.72. The first-order valence-electron chi connectivity index (χ1n) is 8.91. The summed E-state index contributed by atoms with van der Waals surface area (Å²) in [7, 11) is 1.64. The summed E-state index contributed by atoms with van der Waals surface area (Å²) in [5.41, 5.74) is 4.79. The largest absolute Gasteiger partial charge is 0.497 e. The zero-order valence-corrected chi connectivity index (χ0v) is 15.6. The number of benzene rings is 1. The molecule has 0 saturated carbocycles. The van der Waals surface area contributed by atoms with E-state index in [9.17, 15) is 4.79 Å². The molecule has 0 radical (unpaired) electrons. The lowest BCUT2D eigenvalue weighted by molar-refractivity contribution is 0.0955. The minimum absolute atomic E-state index is 0.150. The molecule has 0 aliphatic carbocycles. The molecule has 0 aliphatic rings. The SMILES string of the molecule is CCNC(=O)c1cncc(-c2cnn3cc(-c4ccc(OC)cc4)cnc23)c1. The number of amides is 1. The summed E-state index contributed by atoms with van der Waals surface area (Å²) >= 11 is 0. The van der Waals surface area contributed by atoms with Crippen LogP contribution in [0.2, 0.25) is 0 Å².